The van der Waals surface area contributed by atoms with Gasteiger partial charge in [0.25, 0.3) is 5.91 Å². The molecule has 2 heterocycles. The number of rotatable bonds is 6. The molecule has 0 unspecified atom stereocenters. The van der Waals surface area contributed by atoms with Crippen LogP contribution in [0.5, 0.6) is 5.75 Å². The van der Waals surface area contributed by atoms with Gasteiger partial charge in [-0.3, -0.25) is 4.79 Å². The SMILES string of the molecule is CCCCOc1ccc(C(=O)N2CC(c3nc(C)no3)C2)cc1. The second-order valence-electron chi connectivity index (χ2n) is 5.81. The average molecular weight is 315 g/mol. The van der Waals surface area contributed by atoms with Crippen LogP contribution in [-0.2, 0) is 0 Å². The summed E-state index contributed by atoms with van der Waals surface area (Å²) < 4.78 is 10.8. The molecule has 6 heteroatoms. The molecule has 3 rings (SSSR count). The van der Waals surface area contributed by atoms with Gasteiger partial charge in [0.1, 0.15) is 5.75 Å². The van der Waals surface area contributed by atoms with Crippen LogP contribution in [0.1, 0.15) is 47.8 Å². The Morgan fingerprint density at radius 3 is 2.70 bits per heavy atom. The number of carbonyl (C=O) groups excluding carboxylic acids is 1. The molecule has 1 aromatic carbocycles. The molecule has 0 spiro atoms. The van der Waals surface area contributed by atoms with Crippen molar-refractivity contribution in [2.45, 2.75) is 32.6 Å². The van der Waals surface area contributed by atoms with E-state index in [0.29, 0.717) is 37.0 Å². The van der Waals surface area contributed by atoms with Gasteiger partial charge in [0, 0.05) is 18.7 Å². The number of ether oxygens (including phenoxy) is 1. The van der Waals surface area contributed by atoms with Gasteiger partial charge in [0.2, 0.25) is 5.89 Å². The number of carbonyl (C=O) groups is 1. The number of hydrogen-bond acceptors (Lipinski definition) is 5. The maximum absolute atomic E-state index is 12.4. The summed E-state index contributed by atoms with van der Waals surface area (Å²) in [5.74, 6) is 2.22. The summed E-state index contributed by atoms with van der Waals surface area (Å²) >= 11 is 0. The Morgan fingerprint density at radius 2 is 2.09 bits per heavy atom. The van der Waals surface area contributed by atoms with Crippen LogP contribution in [0.3, 0.4) is 0 Å². The van der Waals surface area contributed by atoms with Crippen molar-refractivity contribution in [3.05, 3.63) is 41.5 Å². The highest BCUT2D eigenvalue weighted by Crippen LogP contribution is 2.27. The minimum atomic E-state index is 0.0256. The minimum Gasteiger partial charge on any atom is -0.494 e. The second-order valence-corrected chi connectivity index (χ2v) is 5.81. The van der Waals surface area contributed by atoms with Crippen molar-refractivity contribution in [3.63, 3.8) is 0 Å². The van der Waals surface area contributed by atoms with Gasteiger partial charge in [-0.25, -0.2) is 0 Å². The molecule has 1 fully saturated rings. The highest BCUT2D eigenvalue weighted by Gasteiger charge is 2.35. The number of aryl methyl sites for hydroxylation is 1. The van der Waals surface area contributed by atoms with Gasteiger partial charge in [-0.15, -0.1) is 0 Å². The van der Waals surface area contributed by atoms with Gasteiger partial charge in [-0.2, -0.15) is 4.98 Å². The standard InChI is InChI=1S/C17H21N3O3/c1-3-4-9-22-15-7-5-13(6-8-15)17(21)20-10-14(11-20)16-18-12(2)19-23-16/h5-8,14H,3-4,9-11H2,1-2H3. The van der Waals surface area contributed by atoms with E-state index in [2.05, 4.69) is 17.1 Å². The Hall–Kier alpha value is -2.37. The molecule has 1 aliphatic rings. The van der Waals surface area contributed by atoms with Gasteiger partial charge >= 0.3 is 0 Å². The van der Waals surface area contributed by atoms with Crippen molar-refractivity contribution < 1.29 is 14.1 Å². The van der Waals surface area contributed by atoms with Gasteiger partial charge in [0.15, 0.2) is 5.82 Å². The summed E-state index contributed by atoms with van der Waals surface area (Å²) in [5.41, 5.74) is 0.674. The molecule has 0 N–H and O–H groups in total. The average Bonchev–Trinajstić information content (AvgIpc) is 2.93. The van der Waals surface area contributed by atoms with Crippen LogP contribution >= 0.6 is 0 Å². The fraction of sp³-hybridized carbons (Fsp3) is 0.471. The van der Waals surface area contributed by atoms with Crippen LogP contribution in [0.15, 0.2) is 28.8 Å². The number of hydrogen-bond donors (Lipinski definition) is 0. The maximum atomic E-state index is 12.4. The largest absolute Gasteiger partial charge is 0.494 e. The third-order valence-electron chi connectivity index (χ3n) is 3.93. The minimum absolute atomic E-state index is 0.0256. The van der Waals surface area contributed by atoms with Crippen molar-refractivity contribution >= 4 is 5.91 Å². The van der Waals surface area contributed by atoms with Crippen molar-refractivity contribution in [3.8, 4) is 5.75 Å². The van der Waals surface area contributed by atoms with Crippen molar-refractivity contribution in [1.82, 2.24) is 15.0 Å². The van der Waals surface area contributed by atoms with Crippen LogP contribution in [-0.4, -0.2) is 40.6 Å². The first-order chi connectivity index (χ1) is 11.2. The monoisotopic (exact) mass is 315 g/mol. The van der Waals surface area contributed by atoms with Crippen molar-refractivity contribution in [2.24, 2.45) is 0 Å². The normalized spacial score (nSPS) is 14.6. The first kappa shape index (κ1) is 15.5. The van der Waals surface area contributed by atoms with Gasteiger partial charge in [0.05, 0.1) is 12.5 Å². The van der Waals surface area contributed by atoms with Crippen LogP contribution < -0.4 is 4.74 Å². The molecule has 0 radical (unpaired) electrons. The number of nitrogens with zero attached hydrogens (tertiary/aromatic N) is 3. The lowest BCUT2D eigenvalue weighted by Crippen LogP contribution is -2.48. The zero-order valence-corrected chi connectivity index (χ0v) is 13.5. The van der Waals surface area contributed by atoms with Crippen molar-refractivity contribution in [1.29, 1.82) is 0 Å². The molecule has 122 valence electrons. The summed E-state index contributed by atoms with van der Waals surface area (Å²) in [6.07, 6.45) is 2.14. The summed E-state index contributed by atoms with van der Waals surface area (Å²) in [4.78, 5) is 18.4. The molecule has 1 aromatic heterocycles. The van der Waals surface area contributed by atoms with E-state index in [9.17, 15) is 4.79 Å². The third-order valence-corrected chi connectivity index (χ3v) is 3.93. The summed E-state index contributed by atoms with van der Waals surface area (Å²) in [7, 11) is 0. The van der Waals surface area contributed by atoms with Crippen molar-refractivity contribution in [2.75, 3.05) is 19.7 Å². The van der Waals surface area contributed by atoms with Crippen LogP contribution in [0.25, 0.3) is 0 Å². The van der Waals surface area contributed by atoms with Crippen LogP contribution in [0.2, 0.25) is 0 Å². The van der Waals surface area contributed by atoms with E-state index in [4.69, 9.17) is 9.26 Å². The summed E-state index contributed by atoms with van der Waals surface area (Å²) in [5, 5.41) is 3.78. The predicted molar refractivity (Wildman–Crippen MR) is 84.5 cm³/mol. The highest BCUT2D eigenvalue weighted by atomic mass is 16.5. The van der Waals surface area contributed by atoms with E-state index in [1.165, 1.54) is 0 Å². The Balaban J connectivity index is 1.53. The smallest absolute Gasteiger partial charge is 0.253 e. The summed E-state index contributed by atoms with van der Waals surface area (Å²) in [6.45, 7) is 5.87. The lowest BCUT2D eigenvalue weighted by molar-refractivity contribution is 0.0569. The van der Waals surface area contributed by atoms with Gasteiger partial charge in [-0.1, -0.05) is 18.5 Å². The highest BCUT2D eigenvalue weighted by molar-refractivity contribution is 5.95. The van der Waals surface area contributed by atoms with E-state index in [0.717, 1.165) is 18.6 Å². The van der Waals surface area contributed by atoms with E-state index < -0.39 is 0 Å². The van der Waals surface area contributed by atoms with Crippen LogP contribution in [0, 0.1) is 6.92 Å². The number of benzene rings is 1. The molecular formula is C17H21N3O3. The Labute approximate surface area is 135 Å². The quantitative estimate of drug-likeness (QED) is 0.767. The van der Waals surface area contributed by atoms with E-state index in [1.807, 2.05) is 24.3 Å². The lowest BCUT2D eigenvalue weighted by atomic mass is 9.99. The molecule has 2 aromatic rings. The molecule has 0 atom stereocenters. The fourth-order valence-corrected chi connectivity index (χ4v) is 2.49. The first-order valence-corrected chi connectivity index (χ1v) is 7.99. The van der Waals surface area contributed by atoms with E-state index in [1.54, 1.807) is 11.8 Å². The molecule has 0 bridgehead atoms. The Kier molecular flexibility index (Phi) is 4.60. The molecular weight excluding hydrogens is 294 g/mol. The Morgan fingerprint density at radius 1 is 1.35 bits per heavy atom. The van der Waals surface area contributed by atoms with Crippen LogP contribution in [0.4, 0.5) is 0 Å². The van der Waals surface area contributed by atoms with Gasteiger partial charge in [-0.05, 0) is 37.6 Å². The van der Waals surface area contributed by atoms with E-state index >= 15 is 0 Å². The number of amides is 1. The Bertz CT molecular complexity index is 660. The maximum Gasteiger partial charge on any atom is 0.253 e. The number of likely N-dealkylation sites (tertiary alicyclic amines) is 1. The topological polar surface area (TPSA) is 68.5 Å². The molecule has 6 nitrogen and oxygen atoms in total. The molecule has 0 aliphatic carbocycles. The number of unbranched alkanes of at least 4 members (excludes halogenated alkanes) is 1. The molecule has 23 heavy (non-hydrogen) atoms. The molecule has 1 amide bonds. The zero-order valence-electron chi connectivity index (χ0n) is 13.5. The predicted octanol–water partition coefficient (Wildman–Crippen LogP) is 2.80. The third kappa shape index (κ3) is 3.52. The first-order valence-electron chi connectivity index (χ1n) is 7.99. The number of aromatic nitrogens is 2. The molecule has 1 saturated heterocycles. The molecule has 1 aliphatic heterocycles. The lowest BCUT2D eigenvalue weighted by Gasteiger charge is -2.37. The zero-order chi connectivity index (χ0) is 16.2. The second kappa shape index (κ2) is 6.81. The van der Waals surface area contributed by atoms with Gasteiger partial charge < -0.3 is 14.2 Å². The fourth-order valence-electron chi connectivity index (χ4n) is 2.49. The molecule has 0 saturated carbocycles. The summed E-state index contributed by atoms with van der Waals surface area (Å²) in [6, 6.07) is 7.32. The van der Waals surface area contributed by atoms with E-state index in [-0.39, 0.29) is 11.8 Å².